The minimum absolute atomic E-state index is 0.00444. The lowest BCUT2D eigenvalue weighted by Crippen LogP contribution is -2.25. The minimum Gasteiger partial charge on any atom is -0.342 e. The number of hydrogen-bond donors (Lipinski definition) is 1. The Morgan fingerprint density at radius 3 is 2.94 bits per heavy atom. The lowest BCUT2D eigenvalue weighted by molar-refractivity contribution is -0.119. The average molecular weight is 281 g/mol. The summed E-state index contributed by atoms with van der Waals surface area (Å²) in [4.78, 5) is 16.3. The van der Waals surface area contributed by atoms with Gasteiger partial charge in [-0.05, 0) is 30.6 Å². The highest BCUT2D eigenvalue weighted by Gasteiger charge is 2.19. The standard InChI is InChI=1S/C12H15N3OS2/c1-17-8-4-10(15-6-2-3-7-15)11(16)14-12-13-5-9-18-12/h2-3,5-7,9-10H,4,8H2,1H3,(H,13,14,16)/t10-/m1/s1. The molecule has 0 radical (unpaired) electrons. The van der Waals surface area contributed by atoms with Crippen molar-refractivity contribution in [2.75, 3.05) is 17.3 Å². The van der Waals surface area contributed by atoms with Crippen molar-refractivity contribution < 1.29 is 4.79 Å². The Kier molecular flexibility index (Phi) is 4.83. The van der Waals surface area contributed by atoms with Gasteiger partial charge in [0.2, 0.25) is 5.91 Å². The molecule has 0 aliphatic heterocycles. The van der Waals surface area contributed by atoms with Gasteiger partial charge in [-0.1, -0.05) is 0 Å². The van der Waals surface area contributed by atoms with Crippen molar-refractivity contribution in [1.82, 2.24) is 9.55 Å². The van der Waals surface area contributed by atoms with Gasteiger partial charge in [0.05, 0.1) is 0 Å². The molecule has 0 spiro atoms. The van der Waals surface area contributed by atoms with E-state index in [1.807, 2.05) is 40.7 Å². The van der Waals surface area contributed by atoms with E-state index in [1.165, 1.54) is 11.3 Å². The van der Waals surface area contributed by atoms with Gasteiger partial charge in [0, 0.05) is 24.0 Å². The van der Waals surface area contributed by atoms with Crippen molar-refractivity contribution >= 4 is 34.1 Å². The molecule has 4 nitrogen and oxygen atoms in total. The zero-order valence-electron chi connectivity index (χ0n) is 10.1. The van der Waals surface area contributed by atoms with E-state index in [0.29, 0.717) is 5.13 Å². The number of aromatic nitrogens is 2. The van der Waals surface area contributed by atoms with Crippen LogP contribution in [0.15, 0.2) is 36.1 Å². The van der Waals surface area contributed by atoms with Crippen molar-refractivity contribution in [1.29, 1.82) is 0 Å². The number of anilines is 1. The van der Waals surface area contributed by atoms with Crippen LogP contribution in [0, 0.1) is 0 Å². The van der Waals surface area contributed by atoms with Gasteiger partial charge in [0.15, 0.2) is 5.13 Å². The van der Waals surface area contributed by atoms with Crippen LogP contribution in [0.25, 0.3) is 0 Å². The van der Waals surface area contributed by atoms with E-state index >= 15 is 0 Å². The number of carbonyl (C=O) groups is 1. The van der Waals surface area contributed by atoms with Crippen LogP contribution in [0.4, 0.5) is 5.13 Å². The Morgan fingerprint density at radius 2 is 2.33 bits per heavy atom. The summed E-state index contributed by atoms with van der Waals surface area (Å²) in [6.07, 6.45) is 8.39. The maximum atomic E-state index is 12.2. The highest BCUT2D eigenvalue weighted by Crippen LogP contribution is 2.18. The fraction of sp³-hybridized carbons (Fsp3) is 0.333. The third kappa shape index (κ3) is 3.36. The van der Waals surface area contributed by atoms with Crippen molar-refractivity contribution in [2.24, 2.45) is 0 Å². The first-order valence-electron chi connectivity index (χ1n) is 5.63. The summed E-state index contributed by atoms with van der Waals surface area (Å²) in [6, 6.07) is 3.70. The van der Waals surface area contributed by atoms with E-state index in [1.54, 1.807) is 18.0 Å². The average Bonchev–Trinajstić information content (AvgIpc) is 3.02. The van der Waals surface area contributed by atoms with Crippen LogP contribution in [-0.4, -0.2) is 27.5 Å². The second kappa shape index (κ2) is 6.61. The molecule has 0 saturated heterocycles. The smallest absolute Gasteiger partial charge is 0.249 e. The molecule has 0 bridgehead atoms. The predicted octanol–water partition coefficient (Wildman–Crippen LogP) is 2.88. The van der Waals surface area contributed by atoms with E-state index in [9.17, 15) is 4.79 Å². The zero-order valence-corrected chi connectivity index (χ0v) is 11.7. The largest absolute Gasteiger partial charge is 0.342 e. The molecule has 1 N–H and O–H groups in total. The lowest BCUT2D eigenvalue weighted by atomic mass is 10.2. The number of carbonyl (C=O) groups excluding carboxylic acids is 1. The summed E-state index contributed by atoms with van der Waals surface area (Å²) >= 11 is 3.18. The van der Waals surface area contributed by atoms with Crippen LogP contribution in [0.3, 0.4) is 0 Å². The Balaban J connectivity index is 2.06. The van der Waals surface area contributed by atoms with E-state index in [-0.39, 0.29) is 11.9 Å². The lowest BCUT2D eigenvalue weighted by Gasteiger charge is -2.17. The molecule has 0 aromatic carbocycles. The summed E-state index contributed by atoms with van der Waals surface area (Å²) in [7, 11) is 0. The van der Waals surface area contributed by atoms with Crippen molar-refractivity contribution in [2.45, 2.75) is 12.5 Å². The van der Waals surface area contributed by atoms with E-state index in [2.05, 4.69) is 10.3 Å². The molecule has 0 saturated carbocycles. The normalized spacial score (nSPS) is 12.3. The summed E-state index contributed by atoms with van der Waals surface area (Å²) in [5.74, 6) is 0.948. The van der Waals surface area contributed by atoms with Gasteiger partial charge in [-0.2, -0.15) is 11.8 Å². The van der Waals surface area contributed by atoms with Gasteiger partial charge in [0.25, 0.3) is 0 Å². The second-order valence-electron chi connectivity index (χ2n) is 3.75. The second-order valence-corrected chi connectivity index (χ2v) is 5.63. The van der Waals surface area contributed by atoms with Crippen LogP contribution in [-0.2, 0) is 4.79 Å². The number of nitrogens with zero attached hydrogens (tertiary/aromatic N) is 2. The third-order valence-electron chi connectivity index (χ3n) is 2.55. The predicted molar refractivity (Wildman–Crippen MR) is 77.2 cm³/mol. The quantitative estimate of drug-likeness (QED) is 0.885. The van der Waals surface area contributed by atoms with Crippen LogP contribution < -0.4 is 5.32 Å². The van der Waals surface area contributed by atoms with Gasteiger partial charge < -0.3 is 9.88 Å². The van der Waals surface area contributed by atoms with Crippen LogP contribution >= 0.6 is 23.1 Å². The molecular formula is C12H15N3OS2. The number of thiazole rings is 1. The summed E-state index contributed by atoms with van der Waals surface area (Å²) < 4.78 is 1.94. The number of rotatable bonds is 6. The third-order valence-corrected chi connectivity index (χ3v) is 3.88. The first kappa shape index (κ1) is 13.2. The first-order chi connectivity index (χ1) is 8.81. The maximum absolute atomic E-state index is 12.2. The summed E-state index contributed by atoms with van der Waals surface area (Å²) in [5.41, 5.74) is 0. The maximum Gasteiger partial charge on any atom is 0.249 e. The Morgan fingerprint density at radius 1 is 1.56 bits per heavy atom. The Bertz CT molecular complexity index is 467. The fourth-order valence-corrected chi connectivity index (χ4v) is 2.67. The molecule has 0 aliphatic rings. The monoisotopic (exact) mass is 281 g/mol. The number of amides is 1. The topological polar surface area (TPSA) is 46.9 Å². The molecular weight excluding hydrogens is 266 g/mol. The highest BCUT2D eigenvalue weighted by atomic mass is 32.2. The van der Waals surface area contributed by atoms with Gasteiger partial charge >= 0.3 is 0 Å². The van der Waals surface area contributed by atoms with Crippen LogP contribution in [0.2, 0.25) is 0 Å². The Labute approximate surface area is 114 Å². The van der Waals surface area contributed by atoms with E-state index in [0.717, 1.165) is 12.2 Å². The summed E-state index contributed by atoms with van der Waals surface area (Å²) in [5, 5.41) is 5.36. The molecule has 2 aromatic heterocycles. The highest BCUT2D eigenvalue weighted by molar-refractivity contribution is 7.98. The van der Waals surface area contributed by atoms with Crippen molar-refractivity contribution in [3.8, 4) is 0 Å². The van der Waals surface area contributed by atoms with Crippen LogP contribution in [0.1, 0.15) is 12.5 Å². The molecule has 0 unspecified atom stereocenters. The van der Waals surface area contributed by atoms with Gasteiger partial charge in [0.1, 0.15) is 6.04 Å². The molecule has 1 amide bonds. The van der Waals surface area contributed by atoms with E-state index < -0.39 is 0 Å². The molecule has 6 heteroatoms. The van der Waals surface area contributed by atoms with Gasteiger partial charge in [-0.15, -0.1) is 11.3 Å². The first-order valence-corrected chi connectivity index (χ1v) is 7.90. The molecule has 2 heterocycles. The number of thioether (sulfide) groups is 1. The summed E-state index contributed by atoms with van der Waals surface area (Å²) in [6.45, 7) is 0. The molecule has 1 atom stereocenters. The SMILES string of the molecule is CSCC[C@H](C(=O)Nc1nccs1)n1cccc1. The molecule has 0 fully saturated rings. The minimum atomic E-state index is -0.170. The number of hydrogen-bond acceptors (Lipinski definition) is 4. The zero-order chi connectivity index (χ0) is 12.8. The molecule has 0 aliphatic carbocycles. The van der Waals surface area contributed by atoms with Crippen LogP contribution in [0.5, 0.6) is 0 Å². The van der Waals surface area contributed by atoms with Gasteiger partial charge in [-0.25, -0.2) is 4.98 Å². The van der Waals surface area contributed by atoms with Gasteiger partial charge in [-0.3, -0.25) is 4.79 Å². The van der Waals surface area contributed by atoms with E-state index in [4.69, 9.17) is 0 Å². The Hall–Kier alpha value is -1.27. The fourth-order valence-electron chi connectivity index (χ4n) is 1.67. The molecule has 2 aromatic rings. The van der Waals surface area contributed by atoms with Crippen molar-refractivity contribution in [3.05, 3.63) is 36.1 Å². The molecule has 96 valence electrons. The molecule has 18 heavy (non-hydrogen) atoms. The number of nitrogens with one attached hydrogen (secondary N) is 1. The van der Waals surface area contributed by atoms with Crippen molar-refractivity contribution in [3.63, 3.8) is 0 Å². The molecule has 2 rings (SSSR count).